The number of hydrogen-bond acceptors (Lipinski definition) is 6. The number of halogens is 1. The van der Waals surface area contributed by atoms with E-state index in [1.807, 2.05) is 26.0 Å². The number of fused-ring (bicyclic) bond motifs is 3. The van der Waals surface area contributed by atoms with Crippen LogP contribution in [0.2, 0.25) is 5.02 Å². The minimum Gasteiger partial charge on any atom is -0.490 e. The first-order valence-corrected chi connectivity index (χ1v) is 17.3. The molecule has 3 aliphatic rings. The van der Waals surface area contributed by atoms with Crippen molar-refractivity contribution in [1.82, 2.24) is 0 Å². The van der Waals surface area contributed by atoms with E-state index >= 15 is 0 Å². The largest absolute Gasteiger partial charge is 0.490 e. The zero-order valence-corrected chi connectivity index (χ0v) is 26.5. The SMILES string of the molecule is CC[C@H]([C@@H](C)C/C=C/[C@H](O)[C@@H]1CC[C@H]1CN1C[C@@]2(CCCc3cc(Cl)ccc32)COc2ccc(C(=O)O)cc21)S(N)(=O)=O. The second-order valence-corrected chi connectivity index (χ2v) is 15.0. The summed E-state index contributed by atoms with van der Waals surface area (Å²) in [6.07, 6.45) is 8.77. The number of carbonyl (C=O) groups is 1. The topological polar surface area (TPSA) is 130 Å². The smallest absolute Gasteiger partial charge is 0.335 e. The first-order chi connectivity index (χ1) is 20.4. The molecule has 1 aliphatic heterocycles. The highest BCUT2D eigenvalue weighted by Crippen LogP contribution is 2.46. The lowest BCUT2D eigenvalue weighted by Crippen LogP contribution is -2.49. The van der Waals surface area contributed by atoms with Gasteiger partial charge in [-0.3, -0.25) is 0 Å². The van der Waals surface area contributed by atoms with E-state index in [1.165, 1.54) is 11.1 Å². The molecule has 0 saturated heterocycles. The Bertz CT molecular complexity index is 1480. The lowest BCUT2D eigenvalue weighted by molar-refractivity contribution is 0.0455. The molecule has 5 rings (SSSR count). The first-order valence-electron chi connectivity index (χ1n) is 15.3. The molecule has 234 valence electrons. The summed E-state index contributed by atoms with van der Waals surface area (Å²) >= 11 is 6.36. The molecule has 2 aromatic rings. The number of primary sulfonamides is 1. The number of carboxylic acid groups (broad SMARTS) is 1. The molecule has 4 N–H and O–H groups in total. The molecule has 1 heterocycles. The third-order valence-corrected chi connectivity index (χ3v) is 11.8. The average molecular weight is 631 g/mol. The summed E-state index contributed by atoms with van der Waals surface area (Å²) in [6, 6.07) is 11.2. The number of hydrogen-bond donors (Lipinski definition) is 3. The van der Waals surface area contributed by atoms with E-state index in [0.717, 1.165) is 42.8 Å². The normalized spacial score (nSPS) is 25.7. The monoisotopic (exact) mass is 630 g/mol. The van der Waals surface area contributed by atoms with Crippen LogP contribution in [-0.2, 0) is 21.9 Å². The van der Waals surface area contributed by atoms with Crippen molar-refractivity contribution in [2.75, 3.05) is 24.6 Å². The number of nitrogens with zero attached hydrogens (tertiary/aromatic N) is 1. The van der Waals surface area contributed by atoms with Crippen LogP contribution in [-0.4, -0.2) is 55.7 Å². The molecular formula is C33H43ClN2O6S. The quantitative estimate of drug-likeness (QED) is 0.294. The summed E-state index contributed by atoms with van der Waals surface area (Å²) in [4.78, 5) is 14.2. The molecule has 1 spiro atoms. The van der Waals surface area contributed by atoms with Gasteiger partial charge in [-0.2, -0.15) is 0 Å². The number of aryl methyl sites for hydroxylation is 1. The molecule has 10 heteroatoms. The molecule has 0 unspecified atom stereocenters. The number of allylic oxidation sites excluding steroid dienone is 1. The number of anilines is 1. The van der Waals surface area contributed by atoms with Crippen LogP contribution in [0, 0.1) is 17.8 Å². The number of aliphatic hydroxyl groups excluding tert-OH is 1. The molecule has 0 radical (unpaired) electrons. The fourth-order valence-electron chi connectivity index (χ4n) is 7.49. The summed E-state index contributed by atoms with van der Waals surface area (Å²) < 4.78 is 30.3. The van der Waals surface area contributed by atoms with Crippen LogP contribution in [0.15, 0.2) is 48.6 Å². The van der Waals surface area contributed by atoms with Crippen molar-refractivity contribution in [2.45, 2.75) is 75.6 Å². The predicted octanol–water partition coefficient (Wildman–Crippen LogP) is 5.55. The van der Waals surface area contributed by atoms with Gasteiger partial charge < -0.3 is 19.8 Å². The Kier molecular flexibility index (Phi) is 9.47. The summed E-state index contributed by atoms with van der Waals surface area (Å²) in [6.45, 7) is 5.53. The van der Waals surface area contributed by atoms with E-state index in [4.69, 9.17) is 21.5 Å². The molecule has 0 aromatic heterocycles. The van der Waals surface area contributed by atoms with Gasteiger partial charge in [-0.05, 0) is 104 Å². The maximum Gasteiger partial charge on any atom is 0.335 e. The number of sulfonamides is 1. The molecular weight excluding hydrogens is 588 g/mol. The summed E-state index contributed by atoms with van der Waals surface area (Å²) in [5.41, 5.74) is 3.20. The van der Waals surface area contributed by atoms with Crippen LogP contribution < -0.4 is 14.8 Å². The second-order valence-electron chi connectivity index (χ2n) is 12.8. The molecule has 1 saturated carbocycles. The third kappa shape index (κ3) is 6.75. The van der Waals surface area contributed by atoms with E-state index < -0.39 is 27.3 Å². The number of benzene rings is 2. The molecule has 2 aliphatic carbocycles. The standard InChI is InChI=1S/C33H43ClN2O6S/c1-3-31(43(35,40)41)21(2)6-4-8-29(37)26-12-9-24(26)18-36-19-33(15-5-7-22-16-25(34)11-13-27(22)33)20-42-30-14-10-23(32(38)39)17-28(30)36/h4,8,10-11,13-14,16-17,21,24,26,29,31,37H,3,5-7,9,12,15,18-20H2,1-2H3,(H,38,39)(H2,35,40,41)/b8-4+/t21-,24-,26+,29-,31+,33-/m0/s1. The fourth-order valence-corrected chi connectivity index (χ4v) is 8.90. The lowest BCUT2D eigenvalue weighted by Gasteiger charge is -2.45. The van der Waals surface area contributed by atoms with Gasteiger partial charge in [0.05, 0.1) is 29.2 Å². The minimum absolute atomic E-state index is 0.0513. The van der Waals surface area contributed by atoms with E-state index in [0.29, 0.717) is 38.3 Å². The first kappa shape index (κ1) is 31.8. The Morgan fingerprint density at radius 3 is 2.72 bits per heavy atom. The van der Waals surface area contributed by atoms with Crippen molar-refractivity contribution in [3.8, 4) is 5.75 Å². The molecule has 1 fully saturated rings. The highest BCUT2D eigenvalue weighted by molar-refractivity contribution is 7.89. The number of nitrogens with two attached hydrogens (primary N) is 1. The van der Waals surface area contributed by atoms with Crippen LogP contribution in [0.4, 0.5) is 5.69 Å². The zero-order valence-electron chi connectivity index (χ0n) is 24.9. The Morgan fingerprint density at radius 1 is 1.26 bits per heavy atom. The minimum atomic E-state index is -3.62. The summed E-state index contributed by atoms with van der Waals surface area (Å²) in [7, 11) is -3.62. The van der Waals surface area contributed by atoms with Crippen molar-refractivity contribution in [3.05, 3.63) is 70.3 Å². The maximum absolute atomic E-state index is 11.9. The molecule has 0 amide bonds. The number of carboxylic acids is 1. The van der Waals surface area contributed by atoms with Gasteiger partial charge in [0, 0.05) is 23.5 Å². The van der Waals surface area contributed by atoms with Crippen LogP contribution in [0.3, 0.4) is 0 Å². The Hall–Kier alpha value is -2.59. The van der Waals surface area contributed by atoms with Crippen LogP contribution in [0.25, 0.3) is 0 Å². The number of aromatic carboxylic acids is 1. The van der Waals surface area contributed by atoms with Crippen LogP contribution >= 0.6 is 11.6 Å². The van der Waals surface area contributed by atoms with Gasteiger partial charge >= 0.3 is 5.97 Å². The maximum atomic E-state index is 11.9. The summed E-state index contributed by atoms with van der Waals surface area (Å²) in [5.74, 6) is -0.204. The molecule has 8 nitrogen and oxygen atoms in total. The van der Waals surface area contributed by atoms with E-state index in [1.54, 1.807) is 24.3 Å². The highest BCUT2D eigenvalue weighted by Gasteiger charge is 2.44. The Balaban J connectivity index is 1.37. The van der Waals surface area contributed by atoms with Crippen molar-refractivity contribution in [2.24, 2.45) is 22.9 Å². The van der Waals surface area contributed by atoms with Gasteiger partial charge in [0.2, 0.25) is 10.0 Å². The van der Waals surface area contributed by atoms with Crippen molar-refractivity contribution in [3.63, 3.8) is 0 Å². The predicted molar refractivity (Wildman–Crippen MR) is 170 cm³/mol. The van der Waals surface area contributed by atoms with E-state index in [9.17, 15) is 23.4 Å². The Labute approximate surface area is 259 Å². The van der Waals surface area contributed by atoms with E-state index in [2.05, 4.69) is 17.0 Å². The third-order valence-electron chi connectivity index (χ3n) is 9.95. The van der Waals surface area contributed by atoms with Gasteiger partial charge in [-0.1, -0.05) is 43.7 Å². The molecule has 2 aromatic carbocycles. The lowest BCUT2D eigenvalue weighted by atomic mass is 9.68. The number of rotatable bonds is 10. The van der Waals surface area contributed by atoms with Crippen LogP contribution in [0.1, 0.15) is 73.9 Å². The van der Waals surface area contributed by atoms with E-state index in [-0.39, 0.29) is 28.7 Å². The fraction of sp³-hybridized carbons (Fsp3) is 0.545. The average Bonchev–Trinajstić information content (AvgIpc) is 3.07. The number of ether oxygens (including phenoxy) is 1. The summed E-state index contributed by atoms with van der Waals surface area (Å²) in [5, 5.41) is 26.4. The van der Waals surface area contributed by atoms with Gasteiger partial charge in [0.15, 0.2) is 0 Å². The van der Waals surface area contributed by atoms with Crippen molar-refractivity contribution >= 4 is 33.3 Å². The zero-order chi connectivity index (χ0) is 30.9. The second kappa shape index (κ2) is 12.8. The molecule has 6 atom stereocenters. The number of aliphatic hydroxyl groups is 1. The molecule has 43 heavy (non-hydrogen) atoms. The van der Waals surface area contributed by atoms with Gasteiger partial charge in [-0.25, -0.2) is 18.4 Å². The van der Waals surface area contributed by atoms with Gasteiger partial charge in [0.1, 0.15) is 5.75 Å². The van der Waals surface area contributed by atoms with Crippen molar-refractivity contribution < 1.29 is 28.2 Å². The highest BCUT2D eigenvalue weighted by atomic mass is 35.5. The van der Waals surface area contributed by atoms with Gasteiger partial charge in [-0.15, -0.1) is 0 Å². The molecule has 0 bridgehead atoms. The van der Waals surface area contributed by atoms with Crippen LogP contribution in [0.5, 0.6) is 5.75 Å². The van der Waals surface area contributed by atoms with Gasteiger partial charge in [0.25, 0.3) is 0 Å². The van der Waals surface area contributed by atoms with Crippen molar-refractivity contribution in [1.29, 1.82) is 0 Å². The Morgan fingerprint density at radius 2 is 2.05 bits per heavy atom.